The second-order valence-electron chi connectivity index (χ2n) is 4.77. The summed E-state index contributed by atoms with van der Waals surface area (Å²) < 4.78 is 5.31. The van der Waals surface area contributed by atoms with Gasteiger partial charge in [-0.3, -0.25) is 0 Å². The first-order chi connectivity index (χ1) is 9.40. The van der Waals surface area contributed by atoms with Crippen molar-refractivity contribution in [2.45, 2.75) is 23.5 Å². The molecular weight excluding hydrogens is 258 g/mol. The molecule has 1 aromatic heterocycles. The highest BCUT2D eigenvalue weighted by atomic mass is 32.2. The number of benzene rings is 1. The Bertz CT molecular complexity index is 508. The van der Waals surface area contributed by atoms with Gasteiger partial charge in [0.05, 0.1) is 5.75 Å². The lowest BCUT2D eigenvalue weighted by Gasteiger charge is -2.01. The van der Waals surface area contributed by atoms with Gasteiger partial charge in [0, 0.05) is 11.3 Å². The Labute approximate surface area is 117 Å². The maximum atomic E-state index is 5.31. The molecule has 0 aliphatic carbocycles. The Kier molecular flexibility index (Phi) is 4.15. The van der Waals surface area contributed by atoms with Gasteiger partial charge in [-0.1, -0.05) is 23.4 Å². The Morgan fingerprint density at radius 1 is 1.32 bits per heavy atom. The number of thioether (sulfide) groups is 1. The predicted molar refractivity (Wildman–Crippen MR) is 75.0 cm³/mol. The van der Waals surface area contributed by atoms with Crippen molar-refractivity contribution in [2.24, 2.45) is 5.92 Å². The van der Waals surface area contributed by atoms with E-state index in [2.05, 4.69) is 27.6 Å². The van der Waals surface area contributed by atoms with E-state index in [1.54, 1.807) is 11.8 Å². The maximum absolute atomic E-state index is 5.31. The van der Waals surface area contributed by atoms with E-state index in [1.807, 2.05) is 18.2 Å². The molecule has 3 rings (SSSR count). The molecule has 4 nitrogen and oxygen atoms in total. The van der Waals surface area contributed by atoms with Crippen LogP contribution in [0.4, 0.5) is 0 Å². The van der Waals surface area contributed by atoms with E-state index in [-0.39, 0.29) is 0 Å². The van der Waals surface area contributed by atoms with Crippen molar-refractivity contribution in [1.82, 2.24) is 15.5 Å². The van der Waals surface area contributed by atoms with Gasteiger partial charge in [0.1, 0.15) is 0 Å². The highest BCUT2D eigenvalue weighted by molar-refractivity contribution is 7.98. The third-order valence-corrected chi connectivity index (χ3v) is 4.25. The highest BCUT2D eigenvalue weighted by Crippen LogP contribution is 2.21. The van der Waals surface area contributed by atoms with Gasteiger partial charge in [-0.15, -0.1) is 11.8 Å². The van der Waals surface area contributed by atoms with Crippen molar-refractivity contribution in [3.05, 3.63) is 42.0 Å². The van der Waals surface area contributed by atoms with Crippen molar-refractivity contribution in [2.75, 3.05) is 13.1 Å². The van der Waals surface area contributed by atoms with Gasteiger partial charge in [0.2, 0.25) is 5.89 Å². The number of rotatable bonds is 5. The molecule has 1 fully saturated rings. The molecule has 1 atom stereocenters. The minimum atomic E-state index is 0.648. The number of hydrogen-bond donors (Lipinski definition) is 1. The van der Waals surface area contributed by atoms with Crippen LogP contribution in [0.25, 0.3) is 0 Å². The third kappa shape index (κ3) is 3.58. The first-order valence-corrected chi connectivity index (χ1v) is 7.59. The Hall–Kier alpha value is -1.33. The quantitative estimate of drug-likeness (QED) is 0.850. The minimum absolute atomic E-state index is 0.648. The molecular formula is C14H17N3OS. The molecule has 2 aromatic rings. The fourth-order valence-corrected chi connectivity index (χ4v) is 2.99. The molecule has 0 amide bonds. The first-order valence-electron chi connectivity index (χ1n) is 6.60. The minimum Gasteiger partial charge on any atom is -0.339 e. The van der Waals surface area contributed by atoms with Crippen LogP contribution in [0.5, 0.6) is 0 Å². The molecule has 5 heteroatoms. The van der Waals surface area contributed by atoms with Gasteiger partial charge in [-0.2, -0.15) is 4.98 Å². The molecule has 1 N–H and O–H groups in total. The van der Waals surface area contributed by atoms with Crippen molar-refractivity contribution in [1.29, 1.82) is 0 Å². The zero-order chi connectivity index (χ0) is 12.9. The third-order valence-electron chi connectivity index (χ3n) is 3.25. The fourth-order valence-electron chi connectivity index (χ4n) is 2.23. The number of nitrogens with one attached hydrogen (secondary N) is 1. The second-order valence-corrected chi connectivity index (χ2v) is 5.82. The molecule has 0 bridgehead atoms. The summed E-state index contributed by atoms with van der Waals surface area (Å²) in [4.78, 5) is 5.69. The topological polar surface area (TPSA) is 51.0 Å². The van der Waals surface area contributed by atoms with Gasteiger partial charge in [0.25, 0.3) is 0 Å². The maximum Gasteiger partial charge on any atom is 0.226 e. The summed E-state index contributed by atoms with van der Waals surface area (Å²) in [5.74, 6) is 2.97. The molecule has 1 aromatic carbocycles. The lowest BCUT2D eigenvalue weighted by atomic mass is 10.1. The summed E-state index contributed by atoms with van der Waals surface area (Å²) in [6.07, 6.45) is 2.10. The molecule has 19 heavy (non-hydrogen) atoms. The number of aromatic nitrogens is 2. The van der Waals surface area contributed by atoms with Crippen LogP contribution in [-0.2, 0) is 12.2 Å². The summed E-state index contributed by atoms with van der Waals surface area (Å²) in [6, 6.07) is 10.3. The zero-order valence-corrected chi connectivity index (χ0v) is 11.5. The van der Waals surface area contributed by atoms with Crippen LogP contribution in [0, 0.1) is 5.92 Å². The molecule has 1 aliphatic rings. The van der Waals surface area contributed by atoms with Crippen LogP contribution < -0.4 is 5.32 Å². The lowest BCUT2D eigenvalue weighted by Crippen LogP contribution is -2.10. The van der Waals surface area contributed by atoms with E-state index in [4.69, 9.17) is 4.52 Å². The first kappa shape index (κ1) is 12.7. The summed E-state index contributed by atoms with van der Waals surface area (Å²) in [6.45, 7) is 2.17. The van der Waals surface area contributed by atoms with Crippen LogP contribution in [0.15, 0.2) is 39.8 Å². The summed E-state index contributed by atoms with van der Waals surface area (Å²) >= 11 is 1.73. The van der Waals surface area contributed by atoms with E-state index < -0.39 is 0 Å². The zero-order valence-electron chi connectivity index (χ0n) is 10.7. The average molecular weight is 275 g/mol. The van der Waals surface area contributed by atoms with Gasteiger partial charge >= 0.3 is 0 Å². The number of hydrogen-bond acceptors (Lipinski definition) is 5. The Balaban J connectivity index is 1.53. The smallest absolute Gasteiger partial charge is 0.226 e. The average Bonchev–Trinajstić information content (AvgIpc) is 3.10. The Morgan fingerprint density at radius 2 is 2.21 bits per heavy atom. The van der Waals surface area contributed by atoms with Crippen molar-refractivity contribution < 1.29 is 4.52 Å². The molecule has 2 heterocycles. The van der Waals surface area contributed by atoms with Crippen LogP contribution in [0.2, 0.25) is 0 Å². The van der Waals surface area contributed by atoms with E-state index in [1.165, 1.54) is 11.3 Å². The van der Waals surface area contributed by atoms with Crippen molar-refractivity contribution >= 4 is 11.8 Å². The molecule has 100 valence electrons. The SMILES string of the molecule is c1ccc(SCc2noc(CC3CCNC3)n2)cc1. The van der Waals surface area contributed by atoms with E-state index in [9.17, 15) is 0 Å². The van der Waals surface area contributed by atoms with Crippen LogP contribution in [-0.4, -0.2) is 23.2 Å². The van der Waals surface area contributed by atoms with Crippen molar-refractivity contribution in [3.8, 4) is 0 Å². The molecule has 1 unspecified atom stereocenters. The van der Waals surface area contributed by atoms with Crippen LogP contribution >= 0.6 is 11.8 Å². The van der Waals surface area contributed by atoms with Crippen molar-refractivity contribution in [3.63, 3.8) is 0 Å². The Morgan fingerprint density at radius 3 is 3.00 bits per heavy atom. The highest BCUT2D eigenvalue weighted by Gasteiger charge is 2.18. The van der Waals surface area contributed by atoms with Gasteiger partial charge in [-0.25, -0.2) is 0 Å². The largest absolute Gasteiger partial charge is 0.339 e. The summed E-state index contributed by atoms with van der Waals surface area (Å²) in [7, 11) is 0. The van der Waals surface area contributed by atoms with E-state index >= 15 is 0 Å². The molecule has 1 aliphatic heterocycles. The van der Waals surface area contributed by atoms with Gasteiger partial charge in [-0.05, 0) is 37.6 Å². The second kappa shape index (κ2) is 6.21. The number of nitrogens with zero attached hydrogens (tertiary/aromatic N) is 2. The molecule has 0 saturated carbocycles. The molecule has 0 radical (unpaired) electrons. The summed E-state index contributed by atoms with van der Waals surface area (Å²) in [5, 5.41) is 7.40. The molecule has 1 saturated heterocycles. The predicted octanol–water partition coefficient (Wildman–Crippen LogP) is 2.51. The fraction of sp³-hybridized carbons (Fsp3) is 0.429. The standard InChI is InChI=1S/C14H17N3OS/c1-2-4-12(5-3-1)19-10-13-16-14(18-17-13)8-11-6-7-15-9-11/h1-5,11,15H,6-10H2. The van der Waals surface area contributed by atoms with Crippen LogP contribution in [0.3, 0.4) is 0 Å². The lowest BCUT2D eigenvalue weighted by molar-refractivity contribution is 0.354. The monoisotopic (exact) mass is 275 g/mol. The van der Waals surface area contributed by atoms with Gasteiger partial charge in [0.15, 0.2) is 5.82 Å². The van der Waals surface area contributed by atoms with Crippen LogP contribution in [0.1, 0.15) is 18.1 Å². The van der Waals surface area contributed by atoms with E-state index in [0.29, 0.717) is 5.92 Å². The van der Waals surface area contributed by atoms with E-state index in [0.717, 1.165) is 37.0 Å². The summed E-state index contributed by atoms with van der Waals surface area (Å²) in [5.41, 5.74) is 0. The van der Waals surface area contributed by atoms with Gasteiger partial charge < -0.3 is 9.84 Å². The normalized spacial score (nSPS) is 18.8. The molecule has 0 spiro atoms.